The number of hydrogen-bond donors (Lipinski definition) is 0. The SMILES string of the molecule is CCOP(=O)(c1ccccc1)c1cc(C#Cc2ccc(C)cc2)cc(CN2CCN(Cc3cc(C#Cc4ccc(OC)cc4)cc(P(C)(=O)c4ccccc4)n3)CCN(Cc3cc(C#Cc4ccc(OC)cc4)cc(P(C)(=O)c4ccccc4)n3)CC2)n1. The summed E-state index contributed by atoms with van der Waals surface area (Å²) >= 11 is 0. The molecular weight excluding hydrogens is 1150 g/mol. The predicted molar refractivity (Wildman–Crippen MR) is 357 cm³/mol. The molecule has 0 aliphatic carbocycles. The van der Waals surface area contributed by atoms with Crippen LogP contribution in [0, 0.1) is 42.4 Å². The van der Waals surface area contributed by atoms with E-state index in [-0.39, 0.29) is 6.61 Å². The maximum Gasteiger partial charge on any atom is 0.279 e. The lowest BCUT2D eigenvalue weighted by atomic mass is 10.1. The fourth-order valence-electron chi connectivity index (χ4n) is 10.3. The third kappa shape index (κ3) is 16.2. The van der Waals surface area contributed by atoms with E-state index in [9.17, 15) is 9.13 Å². The first-order valence-corrected chi connectivity index (χ1v) is 35.3. The summed E-state index contributed by atoms with van der Waals surface area (Å²) in [4.78, 5) is 22.8. The van der Waals surface area contributed by atoms with Gasteiger partial charge in [-0.25, -0.2) is 15.0 Å². The molecule has 6 aromatic carbocycles. The van der Waals surface area contributed by atoms with Gasteiger partial charge in [0.15, 0.2) is 14.3 Å². The fraction of sp³-hybridized carbons (Fsp3) is 0.219. The number of nitrogens with zero attached hydrogens (tertiary/aromatic N) is 6. The van der Waals surface area contributed by atoms with Crippen LogP contribution in [0.1, 0.15) is 62.9 Å². The minimum atomic E-state index is -3.68. The highest BCUT2D eigenvalue weighted by Gasteiger charge is 2.32. The second-order valence-corrected chi connectivity index (χ2v) is 29.8. The largest absolute Gasteiger partial charge is 0.497 e. The average molecular weight is 1220 g/mol. The van der Waals surface area contributed by atoms with Gasteiger partial charge in [-0.15, -0.1) is 0 Å². The molecule has 88 heavy (non-hydrogen) atoms. The molecule has 444 valence electrons. The third-order valence-electron chi connectivity index (χ3n) is 15.3. The van der Waals surface area contributed by atoms with E-state index in [4.69, 9.17) is 28.9 Å². The van der Waals surface area contributed by atoms with E-state index in [1.807, 2.05) is 214 Å². The van der Waals surface area contributed by atoms with Gasteiger partial charge in [0.2, 0.25) is 0 Å². The summed E-state index contributed by atoms with van der Waals surface area (Å²) in [6.07, 6.45) is 0. The van der Waals surface area contributed by atoms with Crippen LogP contribution in [-0.4, -0.2) is 103 Å². The molecule has 1 saturated heterocycles. The molecule has 0 radical (unpaired) electrons. The van der Waals surface area contributed by atoms with Gasteiger partial charge in [0.25, 0.3) is 7.37 Å². The number of methoxy groups -OCH3 is 2. The Labute approximate surface area is 518 Å². The molecule has 9 aromatic rings. The molecule has 4 heterocycles. The van der Waals surface area contributed by atoms with Crippen LogP contribution in [0.4, 0.5) is 0 Å². The number of aromatic nitrogens is 3. The lowest BCUT2D eigenvalue weighted by Crippen LogP contribution is -2.36. The Bertz CT molecular complexity index is 4050. The quantitative estimate of drug-likeness (QED) is 0.0675. The first kappa shape index (κ1) is 62.6. The van der Waals surface area contributed by atoms with Gasteiger partial charge in [-0.1, -0.05) is 132 Å². The number of rotatable bonds is 16. The number of benzene rings is 6. The van der Waals surface area contributed by atoms with Crippen molar-refractivity contribution in [3.05, 3.63) is 256 Å². The molecule has 3 aromatic heterocycles. The molecule has 0 N–H and O–H groups in total. The van der Waals surface area contributed by atoms with Crippen LogP contribution in [-0.2, 0) is 37.9 Å². The van der Waals surface area contributed by atoms with E-state index in [2.05, 4.69) is 50.2 Å². The Morgan fingerprint density at radius 3 is 1.05 bits per heavy atom. The summed E-state index contributed by atoms with van der Waals surface area (Å²) in [5, 5.41) is 1.98. The van der Waals surface area contributed by atoms with Gasteiger partial charge >= 0.3 is 0 Å². The van der Waals surface area contributed by atoms with Crippen molar-refractivity contribution in [2.45, 2.75) is 33.5 Å². The Kier molecular flexibility index (Phi) is 20.7. The van der Waals surface area contributed by atoms with Crippen LogP contribution in [0.3, 0.4) is 0 Å². The van der Waals surface area contributed by atoms with Gasteiger partial charge in [-0.2, -0.15) is 0 Å². The molecule has 12 nitrogen and oxygen atoms in total. The molecule has 15 heteroatoms. The number of aryl methyl sites for hydroxylation is 1. The summed E-state index contributed by atoms with van der Waals surface area (Å²) in [6, 6.07) is 63.1. The Morgan fingerprint density at radius 2 is 0.705 bits per heavy atom. The molecule has 10 rings (SSSR count). The van der Waals surface area contributed by atoms with E-state index < -0.39 is 21.7 Å². The Morgan fingerprint density at radius 1 is 0.398 bits per heavy atom. The predicted octanol–water partition coefficient (Wildman–Crippen LogP) is 10.4. The standard InChI is InChI=1S/C73H71N6O6P3/c1-7-85-88(82,70-21-15-10-16-22-70)73-52-62(32-27-57-25-23-56(2)24-26-57)49-65(76-73)55-79-45-43-77(53-63-47-60(30-28-58-33-37-66(83-3)38-34-58)50-71(74-63)86(5,80)68-17-11-8-12-18-68)41-42-78(44-46-79)54-64-48-61(31-29-59-35-39-67(84-4)40-36-59)51-72(75-64)87(6,81)69-19-13-9-14-20-69/h8-26,33-40,47-52H,7,41-46,53-55H2,1-6H3. The molecule has 0 saturated carbocycles. The van der Waals surface area contributed by atoms with Gasteiger partial charge in [0, 0.05) is 108 Å². The van der Waals surface area contributed by atoms with Gasteiger partial charge in [0.1, 0.15) is 27.8 Å². The van der Waals surface area contributed by atoms with Crippen molar-refractivity contribution in [3.8, 4) is 47.0 Å². The number of ether oxygens (including phenoxy) is 2. The molecule has 0 amide bonds. The third-order valence-corrected chi connectivity index (χ3v) is 22.5. The van der Waals surface area contributed by atoms with Gasteiger partial charge in [-0.3, -0.25) is 19.3 Å². The maximum atomic E-state index is 15.3. The van der Waals surface area contributed by atoms with Gasteiger partial charge < -0.3 is 23.1 Å². The Hall–Kier alpha value is -8.42. The average Bonchev–Trinajstić information content (AvgIpc) is 1.10. The number of hydrogen-bond acceptors (Lipinski definition) is 12. The maximum absolute atomic E-state index is 15.3. The zero-order chi connectivity index (χ0) is 61.5. The van der Waals surface area contributed by atoms with Crippen LogP contribution < -0.4 is 41.7 Å². The van der Waals surface area contributed by atoms with E-state index in [0.29, 0.717) is 114 Å². The summed E-state index contributed by atoms with van der Waals surface area (Å²) < 4.78 is 62.4. The lowest BCUT2D eigenvalue weighted by Gasteiger charge is -2.26. The highest BCUT2D eigenvalue weighted by molar-refractivity contribution is 7.78. The first-order chi connectivity index (χ1) is 42.6. The van der Waals surface area contributed by atoms with Crippen LogP contribution in [0.15, 0.2) is 200 Å². The minimum Gasteiger partial charge on any atom is -0.497 e. The monoisotopic (exact) mass is 1220 g/mol. The van der Waals surface area contributed by atoms with Crippen LogP contribution >= 0.6 is 21.7 Å². The van der Waals surface area contributed by atoms with Crippen molar-refractivity contribution in [3.63, 3.8) is 0 Å². The summed E-state index contributed by atoms with van der Waals surface area (Å²) in [7, 11) is -6.78. The number of pyridine rings is 3. The minimum absolute atomic E-state index is 0.216. The molecule has 0 spiro atoms. The zero-order valence-corrected chi connectivity index (χ0v) is 53.3. The van der Waals surface area contributed by atoms with Crippen LogP contribution in [0.25, 0.3) is 0 Å². The van der Waals surface area contributed by atoms with Gasteiger partial charge in [0.05, 0.1) is 37.9 Å². The molecular formula is C73H71N6O6P3. The highest BCUT2D eigenvalue weighted by atomic mass is 31.2. The van der Waals surface area contributed by atoms with Crippen molar-refractivity contribution < 1.29 is 27.7 Å². The van der Waals surface area contributed by atoms with E-state index in [1.54, 1.807) is 27.5 Å². The zero-order valence-electron chi connectivity index (χ0n) is 50.6. The Balaban J connectivity index is 1.04. The van der Waals surface area contributed by atoms with Crippen molar-refractivity contribution >= 4 is 53.9 Å². The van der Waals surface area contributed by atoms with E-state index >= 15 is 4.57 Å². The van der Waals surface area contributed by atoms with Crippen LogP contribution in [0.5, 0.6) is 11.5 Å². The highest BCUT2D eigenvalue weighted by Crippen LogP contribution is 2.44. The first-order valence-electron chi connectivity index (χ1n) is 29.3. The lowest BCUT2D eigenvalue weighted by molar-refractivity contribution is 0.207. The molecule has 0 bridgehead atoms. The van der Waals surface area contributed by atoms with E-state index in [0.717, 1.165) is 45.1 Å². The molecule has 1 fully saturated rings. The summed E-state index contributed by atoms with van der Waals surface area (Å²) in [6.45, 7) is 12.7. The molecule has 3 atom stereocenters. The fourth-order valence-corrected chi connectivity index (χ4v) is 15.8. The summed E-state index contributed by atoms with van der Waals surface area (Å²) in [5.41, 5.74) is 9.17. The van der Waals surface area contributed by atoms with Crippen molar-refractivity contribution in [1.29, 1.82) is 0 Å². The molecule has 1 aliphatic heterocycles. The van der Waals surface area contributed by atoms with E-state index in [1.165, 1.54) is 0 Å². The second kappa shape index (κ2) is 29.1. The van der Waals surface area contributed by atoms with Gasteiger partial charge in [-0.05, 0) is 136 Å². The second-order valence-electron chi connectivity index (χ2n) is 21.8. The van der Waals surface area contributed by atoms with Crippen molar-refractivity contribution in [1.82, 2.24) is 29.7 Å². The van der Waals surface area contributed by atoms with Crippen molar-refractivity contribution in [2.75, 3.05) is 73.4 Å². The van der Waals surface area contributed by atoms with Crippen LogP contribution in [0.2, 0.25) is 0 Å². The topological polar surface area (TPSA) is 127 Å². The molecule has 3 unspecified atom stereocenters. The molecule has 1 aliphatic rings. The normalized spacial score (nSPS) is 15.1. The summed E-state index contributed by atoms with van der Waals surface area (Å²) in [5.74, 6) is 21.6. The smallest absolute Gasteiger partial charge is 0.279 e. The van der Waals surface area contributed by atoms with Crippen molar-refractivity contribution in [2.24, 2.45) is 0 Å².